The molecule has 1 aliphatic rings. The number of piperidine rings is 1. The van der Waals surface area contributed by atoms with E-state index in [4.69, 9.17) is 0 Å². The van der Waals surface area contributed by atoms with Crippen LogP contribution < -0.4 is 0 Å². The van der Waals surface area contributed by atoms with E-state index >= 15 is 0 Å². The summed E-state index contributed by atoms with van der Waals surface area (Å²) in [5.74, 6) is -0.533. The Bertz CT molecular complexity index is 496. The third-order valence-electron chi connectivity index (χ3n) is 4.06. The summed E-state index contributed by atoms with van der Waals surface area (Å²) in [6.07, 6.45) is 4.28. The molecular formula is C15H21FN2O3. The molecule has 3 atom stereocenters. The maximum Gasteiger partial charge on any atom is 0.407 e. The molecule has 5 nitrogen and oxygen atoms in total. The van der Waals surface area contributed by atoms with Gasteiger partial charge in [0.1, 0.15) is 11.9 Å². The van der Waals surface area contributed by atoms with Crippen LogP contribution in [0.25, 0.3) is 0 Å². The Labute approximate surface area is 123 Å². The lowest BCUT2D eigenvalue weighted by atomic mass is 9.88. The lowest BCUT2D eigenvalue weighted by molar-refractivity contribution is 0.0000831. The topological polar surface area (TPSA) is 73.7 Å². The number of aliphatic hydroxyl groups excluding tert-OH is 1. The molecule has 0 unspecified atom stereocenters. The Morgan fingerprint density at radius 3 is 2.90 bits per heavy atom. The monoisotopic (exact) mass is 296 g/mol. The van der Waals surface area contributed by atoms with Gasteiger partial charge in [0.05, 0.1) is 12.2 Å². The first-order chi connectivity index (χ1) is 10.0. The summed E-state index contributed by atoms with van der Waals surface area (Å²) in [5, 5.41) is 19.9. The predicted octanol–water partition coefficient (Wildman–Crippen LogP) is 2.96. The van der Waals surface area contributed by atoms with Crippen molar-refractivity contribution in [3.05, 3.63) is 29.8 Å². The Kier molecular flexibility index (Phi) is 5.12. The first kappa shape index (κ1) is 15.7. The fraction of sp³-hybridized carbons (Fsp3) is 0.600. The summed E-state index contributed by atoms with van der Waals surface area (Å²) in [5.41, 5.74) is 0.323. The zero-order valence-electron chi connectivity index (χ0n) is 12.1. The molecule has 1 aliphatic heterocycles. The number of nitrogens with zero attached hydrogens (tertiary/aromatic N) is 2. The number of hydrogen-bond acceptors (Lipinski definition) is 3. The second kappa shape index (κ2) is 6.85. The Balaban J connectivity index is 2.24. The van der Waals surface area contributed by atoms with Gasteiger partial charge in [-0.3, -0.25) is 9.88 Å². The van der Waals surface area contributed by atoms with Crippen LogP contribution in [0.2, 0.25) is 0 Å². The SMILES string of the molecule is CCC[C@H]1CCC[C@H]([C@H](O)c2cncc(F)c2)N1C(=O)O. The van der Waals surface area contributed by atoms with Crippen LogP contribution in [-0.4, -0.2) is 38.3 Å². The summed E-state index contributed by atoms with van der Waals surface area (Å²) >= 11 is 0. The minimum atomic E-state index is -1.05. The van der Waals surface area contributed by atoms with E-state index in [0.717, 1.165) is 31.9 Å². The summed E-state index contributed by atoms with van der Waals surface area (Å²) in [7, 11) is 0. The molecule has 1 fully saturated rings. The Morgan fingerprint density at radius 1 is 1.52 bits per heavy atom. The van der Waals surface area contributed by atoms with Gasteiger partial charge in [0, 0.05) is 17.8 Å². The summed E-state index contributed by atoms with van der Waals surface area (Å²) in [4.78, 5) is 16.7. The second-order valence-corrected chi connectivity index (χ2v) is 5.51. The maximum atomic E-state index is 13.2. The normalized spacial score (nSPS) is 23.9. The van der Waals surface area contributed by atoms with Crippen LogP contribution in [0.4, 0.5) is 9.18 Å². The van der Waals surface area contributed by atoms with E-state index in [9.17, 15) is 19.4 Å². The van der Waals surface area contributed by atoms with Gasteiger partial charge < -0.3 is 10.2 Å². The molecule has 0 aliphatic carbocycles. The highest BCUT2D eigenvalue weighted by molar-refractivity contribution is 5.66. The molecule has 116 valence electrons. The predicted molar refractivity (Wildman–Crippen MR) is 75.4 cm³/mol. The molecule has 0 radical (unpaired) electrons. The smallest absolute Gasteiger partial charge is 0.407 e. The molecule has 2 rings (SSSR count). The molecule has 0 aromatic carbocycles. The molecule has 6 heteroatoms. The molecule has 2 N–H and O–H groups in total. The quantitative estimate of drug-likeness (QED) is 0.896. The summed E-state index contributed by atoms with van der Waals surface area (Å²) in [6, 6.07) is 0.583. The first-order valence-electron chi connectivity index (χ1n) is 7.34. The van der Waals surface area contributed by atoms with E-state index in [-0.39, 0.29) is 6.04 Å². The molecule has 2 heterocycles. The molecule has 1 saturated heterocycles. The average Bonchev–Trinajstić information content (AvgIpc) is 2.46. The van der Waals surface area contributed by atoms with Gasteiger partial charge in [-0.25, -0.2) is 9.18 Å². The second-order valence-electron chi connectivity index (χ2n) is 5.51. The zero-order valence-corrected chi connectivity index (χ0v) is 12.1. The minimum absolute atomic E-state index is 0.0811. The van der Waals surface area contributed by atoms with Crippen molar-refractivity contribution in [3.63, 3.8) is 0 Å². The van der Waals surface area contributed by atoms with Crippen LogP contribution in [-0.2, 0) is 0 Å². The van der Waals surface area contributed by atoms with Crippen molar-refractivity contribution in [1.29, 1.82) is 0 Å². The Morgan fingerprint density at radius 2 is 2.29 bits per heavy atom. The molecule has 1 amide bonds. The van der Waals surface area contributed by atoms with Crippen LogP contribution >= 0.6 is 0 Å². The summed E-state index contributed by atoms with van der Waals surface area (Å²) in [6.45, 7) is 2.01. The van der Waals surface area contributed by atoms with Crippen LogP contribution in [0.3, 0.4) is 0 Å². The van der Waals surface area contributed by atoms with Crippen molar-refractivity contribution in [3.8, 4) is 0 Å². The number of pyridine rings is 1. The Hall–Kier alpha value is -1.69. The van der Waals surface area contributed by atoms with E-state index < -0.39 is 24.1 Å². The lowest BCUT2D eigenvalue weighted by Crippen LogP contribution is -2.51. The number of carboxylic acid groups (broad SMARTS) is 1. The van der Waals surface area contributed by atoms with Crippen molar-refractivity contribution >= 4 is 6.09 Å². The fourth-order valence-electron chi connectivity index (χ4n) is 3.15. The van der Waals surface area contributed by atoms with Gasteiger partial charge in [-0.2, -0.15) is 0 Å². The minimum Gasteiger partial charge on any atom is -0.465 e. The number of rotatable bonds is 4. The number of likely N-dealkylation sites (tertiary alicyclic amines) is 1. The maximum absolute atomic E-state index is 13.2. The van der Waals surface area contributed by atoms with Crippen molar-refractivity contribution in [1.82, 2.24) is 9.88 Å². The van der Waals surface area contributed by atoms with Crippen LogP contribution in [0.15, 0.2) is 18.5 Å². The van der Waals surface area contributed by atoms with Gasteiger partial charge in [-0.1, -0.05) is 13.3 Å². The van der Waals surface area contributed by atoms with Gasteiger partial charge >= 0.3 is 6.09 Å². The zero-order chi connectivity index (χ0) is 15.4. The van der Waals surface area contributed by atoms with Crippen molar-refractivity contribution in [2.75, 3.05) is 0 Å². The summed E-state index contributed by atoms with van der Waals surface area (Å²) < 4.78 is 13.2. The van der Waals surface area contributed by atoms with Gasteiger partial charge in [0.15, 0.2) is 0 Å². The fourth-order valence-corrected chi connectivity index (χ4v) is 3.15. The average molecular weight is 296 g/mol. The van der Waals surface area contributed by atoms with Crippen LogP contribution in [0.1, 0.15) is 50.7 Å². The van der Waals surface area contributed by atoms with E-state index in [1.165, 1.54) is 17.2 Å². The molecule has 0 spiro atoms. The molecule has 1 aromatic rings. The van der Waals surface area contributed by atoms with Gasteiger partial charge in [0.2, 0.25) is 0 Å². The first-order valence-corrected chi connectivity index (χ1v) is 7.34. The molecule has 1 aromatic heterocycles. The van der Waals surface area contributed by atoms with E-state index in [1.54, 1.807) is 0 Å². The van der Waals surface area contributed by atoms with Gasteiger partial charge in [0.25, 0.3) is 0 Å². The standard InChI is InChI=1S/C15H21FN2O3/c1-2-4-12-5-3-6-13(18(12)15(20)21)14(19)10-7-11(16)9-17-8-10/h7-9,12-14,19H,2-6H2,1H3,(H,20,21)/t12-,13+,14+/m0/s1. The molecular weight excluding hydrogens is 275 g/mol. The highest BCUT2D eigenvalue weighted by Gasteiger charge is 2.38. The van der Waals surface area contributed by atoms with Crippen LogP contribution in [0.5, 0.6) is 0 Å². The van der Waals surface area contributed by atoms with Crippen molar-refractivity contribution in [2.24, 2.45) is 0 Å². The largest absolute Gasteiger partial charge is 0.465 e. The van der Waals surface area contributed by atoms with Crippen molar-refractivity contribution in [2.45, 2.75) is 57.2 Å². The number of amides is 1. The van der Waals surface area contributed by atoms with Gasteiger partial charge in [-0.15, -0.1) is 0 Å². The highest BCUT2D eigenvalue weighted by atomic mass is 19.1. The number of aromatic nitrogens is 1. The number of hydrogen-bond donors (Lipinski definition) is 2. The molecule has 21 heavy (non-hydrogen) atoms. The van der Waals surface area contributed by atoms with E-state index in [0.29, 0.717) is 12.0 Å². The number of halogens is 1. The molecule has 0 bridgehead atoms. The number of carbonyl (C=O) groups is 1. The lowest BCUT2D eigenvalue weighted by Gasteiger charge is -2.42. The van der Waals surface area contributed by atoms with E-state index in [2.05, 4.69) is 4.98 Å². The third-order valence-corrected chi connectivity index (χ3v) is 4.06. The number of aliphatic hydroxyl groups is 1. The third kappa shape index (κ3) is 3.50. The van der Waals surface area contributed by atoms with Crippen LogP contribution in [0, 0.1) is 5.82 Å². The van der Waals surface area contributed by atoms with E-state index in [1.807, 2.05) is 6.92 Å². The highest BCUT2D eigenvalue weighted by Crippen LogP contribution is 2.33. The van der Waals surface area contributed by atoms with Gasteiger partial charge in [-0.05, 0) is 31.7 Å². The molecule has 0 saturated carbocycles. The van der Waals surface area contributed by atoms with Crippen molar-refractivity contribution < 1.29 is 19.4 Å².